The van der Waals surface area contributed by atoms with Crippen molar-refractivity contribution in [1.29, 1.82) is 0 Å². The highest BCUT2D eigenvalue weighted by Crippen LogP contribution is 2.43. The topological polar surface area (TPSA) is 102 Å². The first-order chi connectivity index (χ1) is 16.6. The van der Waals surface area contributed by atoms with E-state index in [1.165, 1.54) is 12.8 Å². The van der Waals surface area contributed by atoms with Gasteiger partial charge in [0.2, 0.25) is 0 Å². The van der Waals surface area contributed by atoms with E-state index in [0.29, 0.717) is 17.4 Å². The molecule has 204 valence electrons. The monoisotopic (exact) mass is 518 g/mol. The van der Waals surface area contributed by atoms with Gasteiger partial charge < -0.3 is 19.2 Å². The zero-order valence-electron chi connectivity index (χ0n) is 22.3. The average Bonchev–Trinajstić information content (AvgIpc) is 2.78. The standard InChI is InChI=1S/C26H48NO7P/c1-5-6-7-8-9-10-11-12-13-14-15-16-17-18-19-20-26(29)34-25(23-28)24-33-35(30,31)32-22-21-27(2,3)4/h8-13,25,28H,5-7,14-24H2,1-4H3/p+1/b9-8+,11-10+,13-12-. The molecule has 0 aliphatic carbocycles. The molecule has 0 rings (SSSR count). The molecule has 0 saturated heterocycles. The number of carbonyl (C=O) groups excluding carboxylic acids is 1. The van der Waals surface area contributed by atoms with Crippen LogP contribution in [0.25, 0.3) is 0 Å². The number of aliphatic hydroxyl groups is 1. The largest absolute Gasteiger partial charge is 0.472 e. The second-order valence-corrected chi connectivity index (χ2v) is 11.0. The number of hydrogen-bond acceptors (Lipinski definition) is 6. The Labute approximate surface area is 212 Å². The van der Waals surface area contributed by atoms with Gasteiger partial charge in [-0.15, -0.1) is 0 Å². The third kappa shape index (κ3) is 24.2. The van der Waals surface area contributed by atoms with E-state index in [1.807, 2.05) is 21.1 Å². The van der Waals surface area contributed by atoms with Gasteiger partial charge in [0, 0.05) is 6.42 Å². The maximum absolute atomic E-state index is 12.0. The van der Waals surface area contributed by atoms with E-state index in [2.05, 4.69) is 43.4 Å². The van der Waals surface area contributed by atoms with Crippen LogP contribution in [-0.4, -0.2) is 74.1 Å². The van der Waals surface area contributed by atoms with E-state index in [-0.39, 0.29) is 13.0 Å². The molecule has 0 saturated carbocycles. The number of nitrogens with zero attached hydrogens (tertiary/aromatic N) is 1. The molecule has 2 atom stereocenters. The third-order valence-corrected chi connectivity index (χ3v) is 6.01. The molecule has 0 aromatic carbocycles. The summed E-state index contributed by atoms with van der Waals surface area (Å²) in [6.07, 6.45) is 21.4. The molecule has 0 radical (unpaired) electrons. The lowest BCUT2D eigenvalue weighted by Gasteiger charge is -2.24. The summed E-state index contributed by atoms with van der Waals surface area (Å²) in [6, 6.07) is 0. The normalized spacial score (nSPS) is 15.3. The summed E-state index contributed by atoms with van der Waals surface area (Å²) < 4.78 is 27.4. The van der Waals surface area contributed by atoms with E-state index >= 15 is 0 Å². The Balaban J connectivity index is 3.85. The van der Waals surface area contributed by atoms with Crippen LogP contribution in [0.5, 0.6) is 0 Å². The van der Waals surface area contributed by atoms with Gasteiger partial charge in [0.05, 0.1) is 34.4 Å². The van der Waals surface area contributed by atoms with Gasteiger partial charge in [-0.1, -0.05) is 75.5 Å². The molecule has 0 amide bonds. The number of allylic oxidation sites excluding steroid dienone is 6. The van der Waals surface area contributed by atoms with Crippen LogP contribution in [0.4, 0.5) is 0 Å². The first kappa shape index (κ1) is 33.7. The summed E-state index contributed by atoms with van der Waals surface area (Å²) in [4.78, 5) is 21.7. The minimum atomic E-state index is -4.27. The van der Waals surface area contributed by atoms with Crippen molar-refractivity contribution in [2.75, 3.05) is 47.5 Å². The van der Waals surface area contributed by atoms with Gasteiger partial charge in [-0.05, 0) is 25.7 Å². The highest BCUT2D eigenvalue weighted by atomic mass is 31.2. The number of phosphoric ester groups is 1. The number of ether oxygens (including phenoxy) is 1. The Morgan fingerprint density at radius 1 is 0.914 bits per heavy atom. The van der Waals surface area contributed by atoms with Crippen molar-refractivity contribution in [3.63, 3.8) is 0 Å². The van der Waals surface area contributed by atoms with E-state index < -0.39 is 33.1 Å². The fourth-order valence-corrected chi connectivity index (χ4v) is 3.62. The van der Waals surface area contributed by atoms with E-state index in [0.717, 1.165) is 38.5 Å². The SMILES string of the molecule is CCCC/C=C/C=C/C=C\CCCCCCCC(=O)OC(CO)COP(=O)(O)OCC[N+](C)(C)C. The first-order valence-electron chi connectivity index (χ1n) is 12.8. The van der Waals surface area contributed by atoms with Crippen LogP contribution in [0.15, 0.2) is 36.5 Å². The Bertz CT molecular complexity index is 671. The number of quaternary nitrogens is 1. The van der Waals surface area contributed by atoms with Crippen molar-refractivity contribution in [1.82, 2.24) is 0 Å². The molecule has 0 heterocycles. The fourth-order valence-electron chi connectivity index (χ4n) is 2.88. The zero-order chi connectivity index (χ0) is 26.4. The molecule has 9 heteroatoms. The quantitative estimate of drug-likeness (QED) is 0.0657. The maximum atomic E-state index is 12.0. The van der Waals surface area contributed by atoms with Gasteiger partial charge in [0.15, 0.2) is 0 Å². The summed E-state index contributed by atoms with van der Waals surface area (Å²) in [5.41, 5.74) is 0. The van der Waals surface area contributed by atoms with Crippen LogP contribution >= 0.6 is 7.82 Å². The van der Waals surface area contributed by atoms with E-state index in [1.54, 1.807) is 0 Å². The smallest absolute Gasteiger partial charge is 0.457 e. The Hall–Kier alpha value is -1.28. The molecule has 8 nitrogen and oxygen atoms in total. The van der Waals surface area contributed by atoms with Gasteiger partial charge >= 0.3 is 13.8 Å². The molecule has 0 aliphatic rings. The summed E-state index contributed by atoms with van der Waals surface area (Å²) in [7, 11) is 1.52. The number of esters is 1. The van der Waals surface area contributed by atoms with Gasteiger partial charge in [0.25, 0.3) is 0 Å². The Morgan fingerprint density at radius 2 is 1.51 bits per heavy atom. The van der Waals surface area contributed by atoms with Gasteiger partial charge in [-0.2, -0.15) is 0 Å². The van der Waals surface area contributed by atoms with E-state index in [4.69, 9.17) is 13.8 Å². The second-order valence-electron chi connectivity index (χ2n) is 9.60. The molecule has 0 aromatic heterocycles. The third-order valence-electron chi connectivity index (χ3n) is 5.02. The van der Waals surface area contributed by atoms with Crippen LogP contribution in [0.1, 0.15) is 71.1 Å². The molecule has 0 fully saturated rings. The number of rotatable bonds is 22. The van der Waals surface area contributed by atoms with Crippen LogP contribution in [0, 0.1) is 0 Å². The lowest BCUT2D eigenvalue weighted by molar-refractivity contribution is -0.870. The summed E-state index contributed by atoms with van der Waals surface area (Å²) in [5.74, 6) is -0.454. The van der Waals surface area contributed by atoms with Crippen molar-refractivity contribution in [2.24, 2.45) is 0 Å². The predicted octanol–water partition coefficient (Wildman–Crippen LogP) is 5.32. The number of aliphatic hydroxyl groups excluding tert-OH is 1. The molecule has 2 unspecified atom stereocenters. The number of unbranched alkanes of at least 4 members (excludes halogenated alkanes) is 7. The molecule has 0 spiro atoms. The Morgan fingerprint density at radius 3 is 2.11 bits per heavy atom. The van der Waals surface area contributed by atoms with E-state index in [9.17, 15) is 19.4 Å². The van der Waals surface area contributed by atoms with Crippen LogP contribution in [0.2, 0.25) is 0 Å². The van der Waals surface area contributed by atoms with Crippen molar-refractivity contribution >= 4 is 13.8 Å². The lowest BCUT2D eigenvalue weighted by Crippen LogP contribution is -2.37. The van der Waals surface area contributed by atoms with Gasteiger partial charge in [-0.3, -0.25) is 13.8 Å². The van der Waals surface area contributed by atoms with Crippen LogP contribution in [-0.2, 0) is 23.1 Å². The number of hydrogen-bond donors (Lipinski definition) is 2. The fraction of sp³-hybridized carbons (Fsp3) is 0.731. The molecule has 2 N–H and O–H groups in total. The molecule has 0 aromatic rings. The summed E-state index contributed by atoms with van der Waals surface area (Å²) in [6.45, 7) is 1.86. The van der Waals surface area contributed by atoms with Crippen LogP contribution in [0.3, 0.4) is 0 Å². The summed E-state index contributed by atoms with van der Waals surface area (Å²) in [5, 5.41) is 9.37. The average molecular weight is 519 g/mol. The van der Waals surface area contributed by atoms with Crippen molar-refractivity contribution in [2.45, 2.75) is 77.2 Å². The van der Waals surface area contributed by atoms with Gasteiger partial charge in [0.1, 0.15) is 19.3 Å². The minimum absolute atomic E-state index is 0.0466. The number of phosphoric acid groups is 1. The first-order valence-corrected chi connectivity index (χ1v) is 14.3. The highest BCUT2D eigenvalue weighted by molar-refractivity contribution is 7.47. The summed E-state index contributed by atoms with van der Waals surface area (Å²) >= 11 is 0. The van der Waals surface area contributed by atoms with Crippen molar-refractivity contribution in [3.05, 3.63) is 36.5 Å². The maximum Gasteiger partial charge on any atom is 0.472 e. The molecule has 0 bridgehead atoms. The number of carbonyl (C=O) groups is 1. The molecule has 0 aliphatic heterocycles. The van der Waals surface area contributed by atoms with Crippen LogP contribution < -0.4 is 0 Å². The molecule has 35 heavy (non-hydrogen) atoms. The predicted molar refractivity (Wildman–Crippen MR) is 141 cm³/mol. The zero-order valence-corrected chi connectivity index (χ0v) is 23.2. The Kier molecular flexibility index (Phi) is 20.1. The van der Waals surface area contributed by atoms with Gasteiger partial charge in [-0.25, -0.2) is 4.57 Å². The second kappa shape index (κ2) is 20.9. The van der Waals surface area contributed by atoms with Crippen molar-refractivity contribution in [3.8, 4) is 0 Å². The minimum Gasteiger partial charge on any atom is -0.457 e. The lowest BCUT2D eigenvalue weighted by atomic mass is 10.1. The highest BCUT2D eigenvalue weighted by Gasteiger charge is 2.25. The molecular formula is C26H49NO7P+. The van der Waals surface area contributed by atoms with Crippen molar-refractivity contribution < 1.29 is 37.6 Å². The number of likely N-dealkylation sites (N-methyl/N-ethyl adjacent to an activating group) is 1. The molecular weight excluding hydrogens is 469 g/mol.